The maximum atomic E-state index is 12.3. The van der Waals surface area contributed by atoms with Gasteiger partial charge in [0, 0.05) is 39.3 Å². The van der Waals surface area contributed by atoms with Gasteiger partial charge >= 0.3 is 5.69 Å². The van der Waals surface area contributed by atoms with Gasteiger partial charge in [0.2, 0.25) is 5.95 Å². The third kappa shape index (κ3) is 6.06. The molecule has 1 saturated carbocycles. The fraction of sp³-hybridized carbons (Fsp3) is 0.520. The first-order valence-corrected chi connectivity index (χ1v) is 14.4. The Morgan fingerprint density at radius 3 is 2.62 bits per heavy atom. The van der Waals surface area contributed by atoms with E-state index in [0.717, 1.165) is 76.9 Å². The number of carbonyl (C=O) groups is 1. The number of aromatic amines is 1. The number of aryl methyl sites for hydroxylation is 2. The molecule has 2 N–H and O–H groups in total. The summed E-state index contributed by atoms with van der Waals surface area (Å²) in [5, 5.41) is 13.6. The number of carbonyl (C=O) groups excluding carboxylic acids is 1. The Labute approximate surface area is 227 Å². The molecular weight excluding hydrogens is 558 g/mol. The average Bonchev–Trinajstić information content (AvgIpc) is 3.52. The largest absolute Gasteiger partial charge is 0.328 e. The third-order valence-corrected chi connectivity index (χ3v) is 8.87. The highest BCUT2D eigenvalue weighted by atomic mass is 79.9. The molecule has 5 rings (SSSR count). The maximum Gasteiger partial charge on any atom is 0.328 e. The molecule has 12 heteroatoms. The Kier molecular flexibility index (Phi) is 9.01. The van der Waals surface area contributed by atoms with Crippen LogP contribution in [-0.2, 0) is 19.9 Å². The van der Waals surface area contributed by atoms with Crippen LogP contribution in [0.3, 0.4) is 0 Å². The van der Waals surface area contributed by atoms with Crippen LogP contribution in [0.15, 0.2) is 31.1 Å². The molecule has 2 aliphatic rings. The van der Waals surface area contributed by atoms with Crippen LogP contribution < -0.4 is 16.6 Å². The number of nitrogens with one attached hydrogen (secondary N) is 2. The van der Waals surface area contributed by atoms with Gasteiger partial charge in [0.05, 0.1) is 0 Å². The van der Waals surface area contributed by atoms with Crippen molar-refractivity contribution >= 4 is 39.5 Å². The number of hydrogen-bond donors (Lipinski definition) is 2. The van der Waals surface area contributed by atoms with Crippen LogP contribution in [0.5, 0.6) is 0 Å². The van der Waals surface area contributed by atoms with Crippen LogP contribution in [0.2, 0.25) is 0 Å². The van der Waals surface area contributed by atoms with Gasteiger partial charge < -0.3 is 4.98 Å². The first-order chi connectivity index (χ1) is 17.8. The summed E-state index contributed by atoms with van der Waals surface area (Å²) in [6.45, 7) is 4.01. The molecule has 2 heterocycles. The SMILES string of the molecule is CCSc1c(Br)ccc(C(=O)Nc2nnnn2C)c1C.O=c1[nH]c2c(c(=O)n1C1CCCCC1)CCC2. The molecule has 0 radical (unpaired) electrons. The molecule has 0 saturated heterocycles. The zero-order valence-corrected chi connectivity index (χ0v) is 23.7. The number of hydrogen-bond acceptors (Lipinski definition) is 7. The lowest BCUT2D eigenvalue weighted by Gasteiger charge is -2.23. The normalized spacial score (nSPS) is 15.1. The number of benzene rings is 1. The molecule has 0 unspecified atom stereocenters. The first kappa shape index (κ1) is 27.3. The highest BCUT2D eigenvalue weighted by Crippen LogP contribution is 2.33. The number of rotatable bonds is 5. The highest BCUT2D eigenvalue weighted by molar-refractivity contribution is 9.10. The Morgan fingerprint density at radius 1 is 1.19 bits per heavy atom. The number of anilines is 1. The van der Waals surface area contributed by atoms with Crippen molar-refractivity contribution in [3.8, 4) is 0 Å². The fourth-order valence-corrected chi connectivity index (χ4v) is 6.54. The molecule has 3 aromatic rings. The zero-order valence-electron chi connectivity index (χ0n) is 21.3. The van der Waals surface area contributed by atoms with E-state index in [-0.39, 0.29) is 23.2 Å². The number of fused-ring (bicyclic) bond motifs is 1. The standard InChI is InChI=1S/C13H18N2O2.C12H14BrN5OS/c16-12-10-7-4-8-11(10)14-13(17)15(12)9-5-2-1-3-6-9;1-4-20-10-7(2)8(5-6-9(10)13)11(19)14-12-15-16-17-18(12)3/h9H,1-8H2,(H,14,17);5-6H,4H2,1-3H3,(H,14,15,17,19). The van der Waals surface area contributed by atoms with Crippen molar-refractivity contribution in [1.82, 2.24) is 29.8 Å². The van der Waals surface area contributed by atoms with E-state index in [0.29, 0.717) is 11.5 Å². The highest BCUT2D eigenvalue weighted by Gasteiger charge is 2.24. The van der Waals surface area contributed by atoms with Gasteiger partial charge in [-0.2, -0.15) is 0 Å². The quantitative estimate of drug-likeness (QED) is 0.427. The summed E-state index contributed by atoms with van der Waals surface area (Å²) in [4.78, 5) is 40.6. The summed E-state index contributed by atoms with van der Waals surface area (Å²) < 4.78 is 3.90. The van der Waals surface area contributed by atoms with Gasteiger partial charge in [-0.3, -0.25) is 19.5 Å². The predicted molar refractivity (Wildman–Crippen MR) is 147 cm³/mol. The van der Waals surface area contributed by atoms with Crippen LogP contribution in [0.1, 0.15) is 78.7 Å². The number of tetrazole rings is 1. The monoisotopic (exact) mass is 589 g/mol. The summed E-state index contributed by atoms with van der Waals surface area (Å²) in [5.41, 5.74) is 3.09. The van der Waals surface area contributed by atoms with Crippen molar-refractivity contribution < 1.29 is 4.79 Å². The molecule has 1 aromatic carbocycles. The minimum atomic E-state index is -0.217. The fourth-order valence-electron chi connectivity index (χ4n) is 4.95. The molecule has 1 fully saturated rings. The molecule has 37 heavy (non-hydrogen) atoms. The van der Waals surface area contributed by atoms with Gasteiger partial charge in [-0.1, -0.05) is 31.3 Å². The molecule has 0 aliphatic heterocycles. The maximum absolute atomic E-state index is 12.3. The lowest BCUT2D eigenvalue weighted by Crippen LogP contribution is -2.40. The van der Waals surface area contributed by atoms with E-state index in [1.807, 2.05) is 13.0 Å². The number of H-pyrrole nitrogens is 1. The minimum Gasteiger partial charge on any atom is -0.311 e. The number of thioether (sulfide) groups is 1. The summed E-state index contributed by atoms with van der Waals surface area (Å²) in [6.07, 6.45) is 8.12. The number of amides is 1. The second-order valence-corrected chi connectivity index (χ2v) is 11.4. The van der Waals surface area contributed by atoms with Crippen molar-refractivity contribution in [3.05, 3.63) is 59.8 Å². The molecule has 198 valence electrons. The van der Waals surface area contributed by atoms with Crippen LogP contribution >= 0.6 is 27.7 Å². The van der Waals surface area contributed by atoms with Gasteiger partial charge in [-0.05, 0) is 88.8 Å². The summed E-state index contributed by atoms with van der Waals surface area (Å²) in [7, 11) is 1.67. The second-order valence-electron chi connectivity index (χ2n) is 9.27. The van der Waals surface area contributed by atoms with Gasteiger partial charge in [-0.15, -0.1) is 11.8 Å². The average molecular weight is 591 g/mol. The van der Waals surface area contributed by atoms with E-state index in [4.69, 9.17) is 0 Å². The zero-order chi connectivity index (χ0) is 26.5. The Bertz CT molecular complexity index is 1390. The third-order valence-electron chi connectivity index (χ3n) is 6.85. The Balaban J connectivity index is 0.000000175. The van der Waals surface area contributed by atoms with Crippen molar-refractivity contribution in [2.24, 2.45) is 7.05 Å². The summed E-state index contributed by atoms with van der Waals surface area (Å²) in [6, 6.07) is 3.80. The first-order valence-electron chi connectivity index (χ1n) is 12.6. The topological polar surface area (TPSA) is 128 Å². The molecule has 2 aromatic heterocycles. The summed E-state index contributed by atoms with van der Waals surface area (Å²) >= 11 is 5.21. The molecule has 1 amide bonds. The van der Waals surface area contributed by atoms with Crippen molar-refractivity contribution in [1.29, 1.82) is 0 Å². The number of halogens is 1. The van der Waals surface area contributed by atoms with Crippen molar-refractivity contribution in [3.63, 3.8) is 0 Å². The molecule has 0 bridgehead atoms. The smallest absolute Gasteiger partial charge is 0.311 e. The molecule has 2 aliphatic carbocycles. The lowest BCUT2D eigenvalue weighted by molar-refractivity contribution is 0.102. The summed E-state index contributed by atoms with van der Waals surface area (Å²) in [5.74, 6) is 1.05. The lowest BCUT2D eigenvalue weighted by atomic mass is 9.95. The Hall–Kier alpha value is -2.73. The predicted octanol–water partition coefficient (Wildman–Crippen LogP) is 4.18. The van der Waals surface area contributed by atoms with Gasteiger partial charge in [-0.25, -0.2) is 9.48 Å². The van der Waals surface area contributed by atoms with Crippen LogP contribution in [0, 0.1) is 6.92 Å². The van der Waals surface area contributed by atoms with E-state index < -0.39 is 0 Å². The van der Waals surface area contributed by atoms with E-state index in [1.54, 1.807) is 24.9 Å². The van der Waals surface area contributed by atoms with E-state index in [9.17, 15) is 14.4 Å². The van der Waals surface area contributed by atoms with Crippen LogP contribution in [-0.4, -0.2) is 41.4 Å². The molecule has 0 spiro atoms. The minimum absolute atomic E-state index is 0.0202. The van der Waals surface area contributed by atoms with Crippen molar-refractivity contribution in [2.45, 2.75) is 76.2 Å². The van der Waals surface area contributed by atoms with E-state index >= 15 is 0 Å². The van der Waals surface area contributed by atoms with E-state index in [2.05, 4.69) is 48.7 Å². The molecule has 10 nitrogen and oxygen atoms in total. The van der Waals surface area contributed by atoms with Gasteiger partial charge in [0.15, 0.2) is 0 Å². The van der Waals surface area contributed by atoms with Crippen LogP contribution in [0.4, 0.5) is 5.95 Å². The number of aromatic nitrogens is 6. The van der Waals surface area contributed by atoms with Crippen LogP contribution in [0.25, 0.3) is 0 Å². The van der Waals surface area contributed by atoms with E-state index in [1.165, 1.54) is 15.7 Å². The molecule has 0 atom stereocenters. The van der Waals surface area contributed by atoms with Gasteiger partial charge in [0.25, 0.3) is 11.5 Å². The second kappa shape index (κ2) is 12.2. The number of nitrogens with zero attached hydrogens (tertiary/aromatic N) is 5. The Morgan fingerprint density at radius 2 is 1.95 bits per heavy atom. The van der Waals surface area contributed by atoms with Crippen molar-refractivity contribution in [2.75, 3.05) is 11.1 Å². The molecular formula is C25H32BrN7O3S. The van der Waals surface area contributed by atoms with Gasteiger partial charge in [0.1, 0.15) is 0 Å².